The third kappa shape index (κ3) is 18.6. The lowest BCUT2D eigenvalue weighted by Crippen LogP contribution is -2.31. The molecule has 1 aliphatic rings. The molecule has 0 radical (unpaired) electrons. The molecule has 252 valence electrons. The Kier molecular flexibility index (Phi) is 21.1. The van der Waals surface area contributed by atoms with Gasteiger partial charge in [0.25, 0.3) is 0 Å². The van der Waals surface area contributed by atoms with Crippen LogP contribution in [-0.4, -0.2) is 90.5 Å². The molecule has 0 aromatic rings. The first-order valence-corrected chi connectivity index (χ1v) is 16.2. The molecule has 1 rings (SSSR count). The van der Waals surface area contributed by atoms with Crippen LogP contribution in [0.4, 0.5) is 0 Å². The van der Waals surface area contributed by atoms with Gasteiger partial charge in [0, 0.05) is 6.42 Å². The van der Waals surface area contributed by atoms with Crippen LogP contribution < -0.4 is 0 Å². The second-order valence-corrected chi connectivity index (χ2v) is 12.2. The van der Waals surface area contributed by atoms with E-state index < -0.39 is 60.7 Å². The molecule has 0 aromatic heterocycles. The van der Waals surface area contributed by atoms with Gasteiger partial charge < -0.3 is 40.5 Å². The third-order valence-electron chi connectivity index (χ3n) is 7.90. The summed E-state index contributed by atoms with van der Waals surface area (Å²) in [6.07, 6.45) is 13.0. The van der Waals surface area contributed by atoms with Crippen molar-refractivity contribution in [3.63, 3.8) is 0 Å². The van der Waals surface area contributed by atoms with E-state index in [4.69, 9.17) is 4.74 Å². The lowest BCUT2D eigenvalue weighted by atomic mass is 9.92. The minimum Gasteiger partial charge on any atom is -0.459 e. The number of esters is 1. The van der Waals surface area contributed by atoms with Crippen LogP contribution in [-0.2, 0) is 9.53 Å². The van der Waals surface area contributed by atoms with Gasteiger partial charge in [0.2, 0.25) is 0 Å². The lowest BCUT2D eigenvalue weighted by Gasteiger charge is -2.24. The van der Waals surface area contributed by atoms with E-state index in [1.807, 2.05) is 0 Å². The summed E-state index contributed by atoms with van der Waals surface area (Å²) < 4.78 is 5.60. The molecule has 0 spiro atoms. The van der Waals surface area contributed by atoms with Crippen molar-refractivity contribution in [2.24, 2.45) is 5.92 Å². The van der Waals surface area contributed by atoms with Crippen molar-refractivity contribution in [3.05, 3.63) is 60.3 Å². The van der Waals surface area contributed by atoms with Gasteiger partial charge in [-0.3, -0.25) is 4.79 Å². The zero-order chi connectivity index (χ0) is 32.9. The number of hydrogen-bond donors (Lipinski definition) is 7. The van der Waals surface area contributed by atoms with Gasteiger partial charge in [-0.25, -0.2) is 0 Å². The van der Waals surface area contributed by atoms with Crippen LogP contribution in [0.5, 0.6) is 0 Å². The molecule has 7 N–H and O–H groups in total. The SMILES string of the molecule is CCCCCCC1CCC(O)CC(O)CC(O)CC(O)CC(O)CC(O)C(C)=CC=CC=CC=CC=CC(O)C(C)OC1=O. The second-order valence-electron chi connectivity index (χ2n) is 12.2. The fourth-order valence-electron chi connectivity index (χ4n) is 5.12. The molecular weight excluding hydrogens is 564 g/mol. The number of rotatable bonds is 5. The number of hydrogen-bond acceptors (Lipinski definition) is 9. The molecule has 9 nitrogen and oxygen atoms in total. The molecule has 0 aromatic carbocycles. The average Bonchev–Trinajstić information content (AvgIpc) is 2.94. The standard InChI is InChI=1S/C35H58O9/c1-4-5-6-13-16-27-18-19-28(36)20-29(37)21-30(38)22-31(39)23-32(40)24-34(42)25(2)15-12-10-8-7-9-11-14-17-33(41)26(3)44-35(27)43/h7-12,14-15,17,26-34,36-42H,4-6,13,16,18-24H2,1-3H3. The van der Waals surface area contributed by atoms with Crippen LogP contribution in [0, 0.1) is 5.92 Å². The van der Waals surface area contributed by atoms with Crippen molar-refractivity contribution in [1.82, 2.24) is 0 Å². The van der Waals surface area contributed by atoms with Crippen LogP contribution in [0.2, 0.25) is 0 Å². The summed E-state index contributed by atoms with van der Waals surface area (Å²) in [6, 6.07) is 0. The zero-order valence-electron chi connectivity index (χ0n) is 26.8. The normalized spacial score (nSPS) is 33.3. The molecule has 0 fully saturated rings. The summed E-state index contributed by atoms with van der Waals surface area (Å²) in [5.41, 5.74) is 0.642. The van der Waals surface area contributed by atoms with Crippen LogP contribution in [0.15, 0.2) is 60.3 Å². The van der Waals surface area contributed by atoms with Crippen LogP contribution >= 0.6 is 0 Å². The fourth-order valence-corrected chi connectivity index (χ4v) is 5.12. The molecule has 1 heterocycles. The minimum absolute atomic E-state index is 0.00223. The first-order chi connectivity index (χ1) is 20.9. The van der Waals surface area contributed by atoms with E-state index in [1.54, 1.807) is 68.5 Å². The van der Waals surface area contributed by atoms with Gasteiger partial charge in [-0.1, -0.05) is 87.3 Å². The van der Waals surface area contributed by atoms with E-state index in [0.29, 0.717) is 18.4 Å². The molecule has 9 unspecified atom stereocenters. The zero-order valence-corrected chi connectivity index (χ0v) is 26.8. The quantitative estimate of drug-likeness (QED) is 0.177. The topological polar surface area (TPSA) is 168 Å². The van der Waals surface area contributed by atoms with Gasteiger partial charge in [0.05, 0.1) is 42.5 Å². The molecule has 0 aliphatic carbocycles. The first-order valence-electron chi connectivity index (χ1n) is 16.2. The first kappa shape index (κ1) is 39.9. The summed E-state index contributed by atoms with van der Waals surface area (Å²) in [7, 11) is 0. The summed E-state index contributed by atoms with van der Waals surface area (Å²) >= 11 is 0. The Bertz CT molecular complexity index is 925. The Morgan fingerprint density at radius 3 is 1.80 bits per heavy atom. The number of aliphatic hydroxyl groups is 7. The molecular formula is C35H58O9. The number of carbonyl (C=O) groups is 1. The van der Waals surface area contributed by atoms with Crippen molar-refractivity contribution in [1.29, 1.82) is 0 Å². The van der Waals surface area contributed by atoms with Crippen molar-refractivity contribution in [2.75, 3.05) is 0 Å². The van der Waals surface area contributed by atoms with E-state index in [9.17, 15) is 40.5 Å². The number of allylic oxidation sites excluding steroid dienone is 8. The Morgan fingerprint density at radius 2 is 1.20 bits per heavy atom. The van der Waals surface area contributed by atoms with Crippen molar-refractivity contribution in [2.45, 2.75) is 147 Å². The smallest absolute Gasteiger partial charge is 0.309 e. The van der Waals surface area contributed by atoms with Gasteiger partial charge in [-0.05, 0) is 64.4 Å². The van der Waals surface area contributed by atoms with Gasteiger partial charge >= 0.3 is 5.97 Å². The Balaban J connectivity index is 3.00. The molecule has 9 heteroatoms. The number of carbonyl (C=O) groups excluding carboxylic acids is 1. The van der Waals surface area contributed by atoms with Crippen molar-refractivity contribution < 1.29 is 45.3 Å². The summed E-state index contributed by atoms with van der Waals surface area (Å²) in [4.78, 5) is 13.0. The maximum atomic E-state index is 13.0. The Hall–Kier alpha value is -2.11. The maximum absolute atomic E-state index is 13.0. The van der Waals surface area contributed by atoms with Crippen LogP contribution in [0.3, 0.4) is 0 Å². The van der Waals surface area contributed by atoms with Gasteiger partial charge in [0.15, 0.2) is 0 Å². The van der Waals surface area contributed by atoms with Crippen molar-refractivity contribution >= 4 is 5.97 Å². The highest BCUT2D eigenvalue weighted by Gasteiger charge is 2.26. The Morgan fingerprint density at radius 1 is 0.682 bits per heavy atom. The monoisotopic (exact) mass is 622 g/mol. The second kappa shape index (κ2) is 23.3. The molecule has 0 bridgehead atoms. The minimum atomic E-state index is -1.05. The molecule has 0 amide bonds. The predicted octanol–water partition coefficient (Wildman–Crippen LogP) is 3.95. The van der Waals surface area contributed by atoms with E-state index in [-0.39, 0.29) is 38.5 Å². The highest BCUT2D eigenvalue weighted by molar-refractivity contribution is 5.72. The molecule has 9 atom stereocenters. The number of cyclic esters (lactones) is 1. The van der Waals surface area contributed by atoms with Gasteiger partial charge in [0.1, 0.15) is 12.2 Å². The summed E-state index contributed by atoms with van der Waals surface area (Å²) in [5.74, 6) is -0.873. The molecule has 0 saturated heterocycles. The summed E-state index contributed by atoms with van der Waals surface area (Å²) in [6.45, 7) is 5.48. The molecule has 44 heavy (non-hydrogen) atoms. The third-order valence-corrected chi connectivity index (χ3v) is 7.90. The largest absolute Gasteiger partial charge is 0.459 e. The maximum Gasteiger partial charge on any atom is 0.309 e. The van der Waals surface area contributed by atoms with E-state index in [1.165, 1.54) is 0 Å². The number of ether oxygens (including phenoxy) is 1. The average molecular weight is 623 g/mol. The van der Waals surface area contributed by atoms with Crippen LogP contribution in [0.25, 0.3) is 0 Å². The van der Waals surface area contributed by atoms with Crippen molar-refractivity contribution in [3.8, 4) is 0 Å². The van der Waals surface area contributed by atoms with E-state index in [0.717, 1.165) is 25.7 Å². The number of unbranched alkanes of at least 4 members (excludes halogenated alkanes) is 3. The summed E-state index contributed by atoms with van der Waals surface area (Å²) in [5, 5.41) is 73.0. The fraction of sp³-hybridized carbons (Fsp3) is 0.686. The lowest BCUT2D eigenvalue weighted by molar-refractivity contribution is -0.158. The molecule has 1 aliphatic heterocycles. The Labute approximate surface area is 264 Å². The highest BCUT2D eigenvalue weighted by atomic mass is 16.6. The van der Waals surface area contributed by atoms with E-state index >= 15 is 0 Å². The van der Waals surface area contributed by atoms with Gasteiger partial charge in [-0.15, -0.1) is 0 Å². The highest BCUT2D eigenvalue weighted by Crippen LogP contribution is 2.23. The van der Waals surface area contributed by atoms with E-state index in [2.05, 4.69) is 6.92 Å². The number of aliphatic hydroxyl groups excluding tert-OH is 7. The predicted molar refractivity (Wildman–Crippen MR) is 172 cm³/mol. The van der Waals surface area contributed by atoms with Crippen LogP contribution in [0.1, 0.15) is 97.8 Å². The van der Waals surface area contributed by atoms with Gasteiger partial charge in [-0.2, -0.15) is 0 Å². The molecule has 0 saturated carbocycles.